The van der Waals surface area contributed by atoms with Crippen molar-refractivity contribution in [1.82, 2.24) is 4.90 Å². The van der Waals surface area contributed by atoms with Crippen LogP contribution in [-0.4, -0.2) is 28.5 Å². The van der Waals surface area contributed by atoms with E-state index in [9.17, 15) is 0 Å². The van der Waals surface area contributed by atoms with E-state index in [1.165, 1.54) is 75.8 Å². The lowest BCUT2D eigenvalue weighted by Gasteiger charge is -2.19. The normalized spacial score (nSPS) is 15.8. The number of halogens is 2. The lowest BCUT2D eigenvalue weighted by Crippen LogP contribution is -2.14. The summed E-state index contributed by atoms with van der Waals surface area (Å²) >= 11 is 11.9. The molecule has 0 aliphatic heterocycles. The summed E-state index contributed by atoms with van der Waals surface area (Å²) in [6, 6.07) is 10.3. The van der Waals surface area contributed by atoms with Crippen molar-refractivity contribution in [1.29, 1.82) is 5.26 Å². The van der Waals surface area contributed by atoms with Gasteiger partial charge < -0.3 is 10.0 Å². The zero-order valence-corrected chi connectivity index (χ0v) is 24.2. The van der Waals surface area contributed by atoms with E-state index in [4.69, 9.17) is 33.6 Å². The molecule has 0 aromatic heterocycles. The Labute approximate surface area is 233 Å². The number of nitrogens with zero attached hydrogens (tertiary/aromatic N) is 2. The molecule has 36 heavy (non-hydrogen) atoms. The quantitative estimate of drug-likeness (QED) is 0.236. The topological polar surface area (TPSA) is 47.3 Å². The summed E-state index contributed by atoms with van der Waals surface area (Å²) in [5.41, 5.74) is 3.71. The van der Waals surface area contributed by atoms with Crippen LogP contribution < -0.4 is 0 Å². The van der Waals surface area contributed by atoms with Crippen LogP contribution in [-0.2, 0) is 6.54 Å². The van der Waals surface area contributed by atoms with Crippen LogP contribution in [0.1, 0.15) is 110 Å². The Morgan fingerprint density at radius 3 is 1.69 bits per heavy atom. The number of rotatable bonds is 3. The Hall–Kier alpha value is -1.47. The van der Waals surface area contributed by atoms with Gasteiger partial charge in [0.25, 0.3) is 0 Å². The molecule has 206 valence electrons. The van der Waals surface area contributed by atoms with E-state index < -0.39 is 0 Å². The van der Waals surface area contributed by atoms with Crippen molar-refractivity contribution in [3.05, 3.63) is 58.3 Å². The Kier molecular flexibility index (Phi) is 24.4. The molecule has 0 unspecified atom stereocenters. The predicted octanol–water partition coefficient (Wildman–Crippen LogP) is 9.90. The maximum atomic E-state index is 8.73. The van der Waals surface area contributed by atoms with Gasteiger partial charge in [-0.2, -0.15) is 5.26 Å². The minimum atomic E-state index is 0. The van der Waals surface area contributed by atoms with Crippen molar-refractivity contribution in [3.8, 4) is 6.07 Å². The van der Waals surface area contributed by atoms with Crippen LogP contribution in [0.15, 0.2) is 47.1 Å². The maximum absolute atomic E-state index is 8.73. The molecular weight excluding hydrogens is 487 g/mol. The molecule has 5 heteroatoms. The number of aryl methyl sites for hydroxylation is 1. The van der Waals surface area contributed by atoms with E-state index >= 15 is 0 Å². The zero-order chi connectivity index (χ0) is 26.5. The molecule has 0 radical (unpaired) electrons. The Morgan fingerprint density at radius 2 is 1.42 bits per heavy atom. The van der Waals surface area contributed by atoms with Crippen molar-refractivity contribution in [2.45, 2.75) is 124 Å². The minimum Gasteiger partial charge on any atom is -0.393 e. The lowest BCUT2D eigenvalue weighted by molar-refractivity contribution is 0.183. The first kappa shape index (κ1) is 36.7. The van der Waals surface area contributed by atoms with E-state index in [0.717, 1.165) is 30.1 Å². The summed E-state index contributed by atoms with van der Waals surface area (Å²) in [5, 5.41) is 17.4. The smallest absolute Gasteiger partial charge is 0.103 e. The van der Waals surface area contributed by atoms with Gasteiger partial charge in [0.05, 0.1) is 12.2 Å². The van der Waals surface area contributed by atoms with Gasteiger partial charge in [0.2, 0.25) is 0 Å². The molecule has 0 bridgehead atoms. The zero-order valence-electron chi connectivity index (χ0n) is 22.7. The van der Waals surface area contributed by atoms with E-state index in [1.54, 1.807) is 6.07 Å². The molecule has 3 nitrogen and oxygen atoms in total. The van der Waals surface area contributed by atoms with Crippen molar-refractivity contribution < 1.29 is 5.11 Å². The highest BCUT2D eigenvalue weighted by molar-refractivity contribution is 6.29. The van der Waals surface area contributed by atoms with Gasteiger partial charge in [0.1, 0.15) is 5.16 Å². The molecule has 3 aliphatic carbocycles. The summed E-state index contributed by atoms with van der Waals surface area (Å²) in [7, 11) is 2.01. The number of aliphatic hydroxyl groups excluding tert-OH is 1. The van der Waals surface area contributed by atoms with E-state index in [0.29, 0.717) is 5.38 Å². The third kappa shape index (κ3) is 20.7. The van der Waals surface area contributed by atoms with E-state index in [-0.39, 0.29) is 13.5 Å². The van der Waals surface area contributed by atoms with Crippen LogP contribution in [0.5, 0.6) is 0 Å². The monoisotopic (exact) mass is 538 g/mol. The van der Waals surface area contributed by atoms with Crippen LogP contribution in [0.4, 0.5) is 0 Å². The van der Waals surface area contributed by atoms with Crippen LogP contribution in [0, 0.1) is 18.3 Å². The van der Waals surface area contributed by atoms with Crippen LogP contribution in [0.25, 0.3) is 0 Å². The molecule has 0 heterocycles. The van der Waals surface area contributed by atoms with Gasteiger partial charge in [-0.3, -0.25) is 0 Å². The van der Waals surface area contributed by atoms with Gasteiger partial charge in [-0.15, -0.1) is 11.6 Å². The molecular formula is C31H52Cl2N2O. The predicted molar refractivity (Wildman–Crippen MR) is 160 cm³/mol. The molecule has 1 N–H and O–H groups in total. The molecule has 0 saturated heterocycles. The maximum Gasteiger partial charge on any atom is 0.103 e. The summed E-state index contributed by atoms with van der Waals surface area (Å²) in [6.07, 6.45) is 18.3. The summed E-state index contributed by atoms with van der Waals surface area (Å²) in [4.78, 5) is 2.06. The Bertz CT molecular complexity index is 717. The molecule has 2 saturated carbocycles. The van der Waals surface area contributed by atoms with Crippen molar-refractivity contribution in [3.63, 3.8) is 0 Å². The second-order valence-electron chi connectivity index (χ2n) is 9.58. The summed E-state index contributed by atoms with van der Waals surface area (Å²) < 4.78 is 0. The molecule has 4 rings (SSSR count). The van der Waals surface area contributed by atoms with Gasteiger partial charge in [0.15, 0.2) is 0 Å². The second kappa shape index (κ2) is 23.9. The van der Waals surface area contributed by atoms with Gasteiger partial charge >= 0.3 is 0 Å². The SMILES string of the molecule is C.C1=CCCC1.CC#N.CC(C)=C(Cl)N(C)Cc1ccc(C)cc1.ClC1CCCC1.OC1CCCC1. The van der Waals surface area contributed by atoms with Crippen LogP contribution >= 0.6 is 23.2 Å². The first-order chi connectivity index (χ1) is 16.7. The fourth-order valence-corrected chi connectivity index (χ4v) is 4.16. The summed E-state index contributed by atoms with van der Waals surface area (Å²) in [6.45, 7) is 8.42. The van der Waals surface area contributed by atoms with Gasteiger partial charge in [-0.25, -0.2) is 0 Å². The van der Waals surface area contributed by atoms with Gasteiger partial charge in [0, 0.05) is 25.9 Å². The highest BCUT2D eigenvalue weighted by Gasteiger charge is 2.10. The van der Waals surface area contributed by atoms with Crippen molar-refractivity contribution in [2.75, 3.05) is 7.05 Å². The summed E-state index contributed by atoms with van der Waals surface area (Å²) in [5.74, 6) is 0. The average Bonchev–Trinajstić information content (AvgIpc) is 3.62. The number of hydrogen-bond acceptors (Lipinski definition) is 3. The minimum absolute atomic E-state index is 0. The molecule has 1 aromatic carbocycles. The number of nitriles is 1. The average molecular weight is 540 g/mol. The first-order valence-corrected chi connectivity index (χ1v) is 13.9. The number of alkyl halides is 1. The largest absolute Gasteiger partial charge is 0.393 e. The molecule has 0 atom stereocenters. The van der Waals surface area contributed by atoms with E-state index in [1.807, 2.05) is 20.9 Å². The fourth-order valence-electron chi connectivity index (χ4n) is 3.79. The second-order valence-corrected chi connectivity index (χ2v) is 10.6. The standard InChI is InChI=1S/C13H18ClN.C5H9Cl.C5H10O.C5H8.C2H3N.CH4/c1-10(2)13(14)15(4)9-12-7-5-11(3)6-8-12;2*6-5-3-1-2-4-5;1-2-4-5-3-1;1-2-3;/h5-8H,9H2,1-4H3;5H,1-4H2;5-6H,1-4H2;1-2H,3-5H2;1H3;1H4. The molecule has 2 fully saturated rings. The molecule has 1 aromatic rings. The number of hydrogen-bond donors (Lipinski definition) is 1. The third-order valence-corrected chi connectivity index (χ3v) is 6.91. The highest BCUT2D eigenvalue weighted by atomic mass is 35.5. The van der Waals surface area contributed by atoms with Crippen LogP contribution in [0.3, 0.4) is 0 Å². The first-order valence-electron chi connectivity index (χ1n) is 13.1. The number of aliphatic hydroxyl groups is 1. The highest BCUT2D eigenvalue weighted by Crippen LogP contribution is 2.22. The molecule has 3 aliphatic rings. The number of allylic oxidation sites excluding steroid dienone is 3. The van der Waals surface area contributed by atoms with Crippen molar-refractivity contribution >= 4 is 23.2 Å². The van der Waals surface area contributed by atoms with Crippen LogP contribution in [0.2, 0.25) is 0 Å². The van der Waals surface area contributed by atoms with E-state index in [2.05, 4.69) is 48.2 Å². The number of benzene rings is 1. The van der Waals surface area contributed by atoms with Crippen molar-refractivity contribution in [2.24, 2.45) is 0 Å². The molecule has 0 amide bonds. The lowest BCUT2D eigenvalue weighted by atomic mass is 10.1. The Balaban J connectivity index is 0. The van der Waals surface area contributed by atoms with Gasteiger partial charge in [-0.1, -0.05) is 86.7 Å². The molecule has 0 spiro atoms. The fraction of sp³-hybridized carbons (Fsp3) is 0.645. The third-order valence-electron chi connectivity index (χ3n) is 5.81. The van der Waals surface area contributed by atoms with Gasteiger partial charge in [-0.05, 0) is 76.9 Å². The Morgan fingerprint density at radius 1 is 0.972 bits per heavy atom.